The largest absolute Gasteiger partial charge is 0.355 e. The van der Waals surface area contributed by atoms with Gasteiger partial charge in [-0.3, -0.25) is 14.3 Å². The van der Waals surface area contributed by atoms with Crippen LogP contribution < -0.4 is 5.32 Å². The van der Waals surface area contributed by atoms with Crippen LogP contribution in [-0.4, -0.2) is 38.0 Å². The summed E-state index contributed by atoms with van der Waals surface area (Å²) in [7, 11) is 0. The van der Waals surface area contributed by atoms with Gasteiger partial charge in [-0.2, -0.15) is 0 Å². The van der Waals surface area contributed by atoms with Gasteiger partial charge in [0.1, 0.15) is 0 Å². The third-order valence-corrected chi connectivity index (χ3v) is 5.52. The van der Waals surface area contributed by atoms with Crippen molar-refractivity contribution in [2.45, 2.75) is 44.7 Å². The van der Waals surface area contributed by atoms with Crippen molar-refractivity contribution in [2.75, 3.05) is 12.3 Å². The predicted octanol–water partition coefficient (Wildman–Crippen LogP) is 4.43. The zero-order chi connectivity index (χ0) is 20.5. The molecule has 1 amide bonds. The lowest BCUT2D eigenvalue weighted by atomic mass is 10.2. The second kappa shape index (κ2) is 10.8. The number of rotatable bonds is 10. The number of para-hydroxylation sites is 1. The van der Waals surface area contributed by atoms with E-state index in [1.165, 1.54) is 24.6 Å². The number of pyridine rings is 1. The number of carbonyl (C=O) groups excluding carboxylic acids is 1. The lowest BCUT2D eigenvalue weighted by molar-refractivity contribution is -0.118. The van der Waals surface area contributed by atoms with Crippen LogP contribution in [-0.2, 0) is 4.79 Å². The first-order valence-electron chi connectivity index (χ1n) is 10.0. The van der Waals surface area contributed by atoms with E-state index in [1.807, 2.05) is 34.9 Å². The van der Waals surface area contributed by atoms with Crippen molar-refractivity contribution in [1.29, 1.82) is 0 Å². The third-order valence-electron chi connectivity index (χ3n) is 4.59. The minimum absolute atomic E-state index is 0.0220. The minimum atomic E-state index is 0.0220. The maximum absolute atomic E-state index is 12.2. The summed E-state index contributed by atoms with van der Waals surface area (Å²) >= 11 is 1.40. The standard InChI is InChI=1S/C22H27N5OS/c1-3-4-5-8-14-24-20(28)16-29-22-26-25-21(18-11-9-13-23-15-18)27(22)19-12-7-6-10-17(19)2/h6-7,9-13,15H,3-5,8,14,16H2,1-2H3,(H,24,28). The van der Waals surface area contributed by atoms with Gasteiger partial charge in [-0.15, -0.1) is 10.2 Å². The Hall–Kier alpha value is -2.67. The zero-order valence-electron chi connectivity index (χ0n) is 17.0. The van der Waals surface area contributed by atoms with Crippen LogP contribution in [0.1, 0.15) is 38.2 Å². The van der Waals surface area contributed by atoms with Crippen molar-refractivity contribution < 1.29 is 4.79 Å². The third kappa shape index (κ3) is 5.67. The molecule has 0 saturated heterocycles. The molecule has 0 aliphatic heterocycles. The van der Waals surface area contributed by atoms with E-state index in [2.05, 4.69) is 40.4 Å². The molecule has 7 heteroatoms. The Morgan fingerprint density at radius 2 is 1.97 bits per heavy atom. The molecular weight excluding hydrogens is 382 g/mol. The number of amides is 1. The first-order chi connectivity index (χ1) is 14.2. The van der Waals surface area contributed by atoms with E-state index < -0.39 is 0 Å². The molecule has 0 saturated carbocycles. The van der Waals surface area contributed by atoms with Gasteiger partial charge in [0.2, 0.25) is 5.91 Å². The first-order valence-corrected chi connectivity index (χ1v) is 11.0. The van der Waals surface area contributed by atoms with E-state index in [9.17, 15) is 4.79 Å². The van der Waals surface area contributed by atoms with Crippen LogP contribution in [0.4, 0.5) is 0 Å². The molecule has 0 bridgehead atoms. The first kappa shape index (κ1) is 21.0. The Morgan fingerprint density at radius 3 is 2.72 bits per heavy atom. The fourth-order valence-corrected chi connectivity index (χ4v) is 3.81. The van der Waals surface area contributed by atoms with Gasteiger partial charge >= 0.3 is 0 Å². The van der Waals surface area contributed by atoms with Crippen LogP contribution in [0.15, 0.2) is 53.9 Å². The fraction of sp³-hybridized carbons (Fsp3) is 0.364. The molecule has 0 aliphatic carbocycles. The summed E-state index contributed by atoms with van der Waals surface area (Å²) < 4.78 is 2.01. The van der Waals surface area contributed by atoms with E-state index in [-0.39, 0.29) is 5.91 Å². The van der Waals surface area contributed by atoms with Crippen LogP contribution >= 0.6 is 11.8 Å². The number of thioether (sulfide) groups is 1. The van der Waals surface area contributed by atoms with Crippen LogP contribution in [0, 0.1) is 6.92 Å². The van der Waals surface area contributed by atoms with E-state index in [1.54, 1.807) is 12.4 Å². The summed E-state index contributed by atoms with van der Waals surface area (Å²) in [6.45, 7) is 4.96. The highest BCUT2D eigenvalue weighted by Crippen LogP contribution is 2.28. The Bertz CT molecular complexity index is 926. The topological polar surface area (TPSA) is 72.7 Å². The number of nitrogens with zero attached hydrogens (tertiary/aromatic N) is 4. The van der Waals surface area contributed by atoms with Crippen LogP contribution in [0.2, 0.25) is 0 Å². The Labute approximate surface area is 176 Å². The second-order valence-electron chi connectivity index (χ2n) is 6.87. The monoisotopic (exact) mass is 409 g/mol. The Kier molecular flexibility index (Phi) is 7.81. The molecule has 0 aliphatic rings. The van der Waals surface area contributed by atoms with Crippen molar-refractivity contribution in [3.8, 4) is 17.1 Å². The van der Waals surface area contributed by atoms with Crippen LogP contribution in [0.5, 0.6) is 0 Å². The minimum Gasteiger partial charge on any atom is -0.355 e. The molecule has 2 heterocycles. The number of hydrogen-bond acceptors (Lipinski definition) is 5. The maximum Gasteiger partial charge on any atom is 0.230 e. The molecule has 0 unspecified atom stereocenters. The SMILES string of the molecule is CCCCCCNC(=O)CSc1nnc(-c2cccnc2)n1-c1ccccc1C. The van der Waals surface area contributed by atoms with Crippen molar-refractivity contribution in [1.82, 2.24) is 25.1 Å². The smallest absolute Gasteiger partial charge is 0.230 e. The number of aromatic nitrogens is 4. The molecule has 152 valence electrons. The highest BCUT2D eigenvalue weighted by Gasteiger charge is 2.18. The normalized spacial score (nSPS) is 10.8. The molecule has 29 heavy (non-hydrogen) atoms. The highest BCUT2D eigenvalue weighted by molar-refractivity contribution is 7.99. The van der Waals surface area contributed by atoms with Gasteiger partial charge in [0.05, 0.1) is 11.4 Å². The summed E-state index contributed by atoms with van der Waals surface area (Å²) in [5.74, 6) is 1.05. The molecule has 3 aromatic rings. The number of hydrogen-bond donors (Lipinski definition) is 1. The Balaban J connectivity index is 1.76. The molecule has 0 spiro atoms. The fourth-order valence-electron chi connectivity index (χ4n) is 3.04. The summed E-state index contributed by atoms with van der Waals surface area (Å²) in [6, 6.07) is 11.9. The predicted molar refractivity (Wildman–Crippen MR) is 117 cm³/mol. The average Bonchev–Trinajstić information content (AvgIpc) is 3.17. The van der Waals surface area contributed by atoms with Gasteiger partial charge < -0.3 is 5.32 Å². The van der Waals surface area contributed by atoms with Gasteiger partial charge in [-0.1, -0.05) is 56.1 Å². The summed E-state index contributed by atoms with van der Waals surface area (Å²) in [4.78, 5) is 16.4. The van der Waals surface area contributed by atoms with E-state index in [0.717, 1.165) is 42.0 Å². The molecule has 1 aromatic carbocycles. The van der Waals surface area contributed by atoms with Crippen LogP contribution in [0.25, 0.3) is 17.1 Å². The Morgan fingerprint density at radius 1 is 1.10 bits per heavy atom. The summed E-state index contributed by atoms with van der Waals surface area (Å²) in [5.41, 5.74) is 2.99. The number of nitrogens with one attached hydrogen (secondary N) is 1. The number of benzene rings is 1. The van der Waals surface area contributed by atoms with Gasteiger partial charge in [0, 0.05) is 24.5 Å². The van der Waals surface area contributed by atoms with E-state index in [0.29, 0.717) is 10.9 Å². The van der Waals surface area contributed by atoms with Gasteiger partial charge in [-0.05, 0) is 37.1 Å². The lowest BCUT2D eigenvalue weighted by Crippen LogP contribution is -2.26. The number of unbranched alkanes of at least 4 members (excludes halogenated alkanes) is 3. The second-order valence-corrected chi connectivity index (χ2v) is 7.81. The molecule has 2 aromatic heterocycles. The molecular formula is C22H27N5OS. The summed E-state index contributed by atoms with van der Waals surface area (Å²) in [6.07, 6.45) is 8.09. The zero-order valence-corrected chi connectivity index (χ0v) is 17.8. The highest BCUT2D eigenvalue weighted by atomic mass is 32.2. The van der Waals surface area contributed by atoms with E-state index >= 15 is 0 Å². The maximum atomic E-state index is 12.2. The number of carbonyl (C=O) groups is 1. The van der Waals surface area contributed by atoms with Crippen LogP contribution in [0.3, 0.4) is 0 Å². The molecule has 0 radical (unpaired) electrons. The summed E-state index contributed by atoms with van der Waals surface area (Å²) in [5, 5.41) is 12.5. The molecule has 0 fully saturated rings. The van der Waals surface area contributed by atoms with Gasteiger partial charge in [0.25, 0.3) is 0 Å². The molecule has 3 rings (SSSR count). The van der Waals surface area contributed by atoms with Crippen molar-refractivity contribution in [2.24, 2.45) is 0 Å². The van der Waals surface area contributed by atoms with Gasteiger partial charge in [0.15, 0.2) is 11.0 Å². The molecule has 1 N–H and O–H groups in total. The quantitative estimate of drug-likeness (QED) is 0.396. The average molecular weight is 410 g/mol. The lowest BCUT2D eigenvalue weighted by Gasteiger charge is -2.12. The number of aryl methyl sites for hydroxylation is 1. The molecule has 6 nitrogen and oxygen atoms in total. The van der Waals surface area contributed by atoms with Crippen molar-refractivity contribution in [3.05, 3.63) is 54.4 Å². The van der Waals surface area contributed by atoms with Gasteiger partial charge in [-0.25, -0.2) is 0 Å². The van der Waals surface area contributed by atoms with E-state index in [4.69, 9.17) is 0 Å². The molecule has 0 atom stereocenters. The van der Waals surface area contributed by atoms with Crippen molar-refractivity contribution in [3.63, 3.8) is 0 Å². The van der Waals surface area contributed by atoms with Crippen molar-refractivity contribution >= 4 is 17.7 Å².